The van der Waals surface area contributed by atoms with Gasteiger partial charge < -0.3 is 14.9 Å². The third-order valence-electron chi connectivity index (χ3n) is 6.30. The van der Waals surface area contributed by atoms with Gasteiger partial charge in [0.25, 0.3) is 0 Å². The number of hydrogen-bond acceptors (Lipinski definition) is 4. The third-order valence-corrected chi connectivity index (χ3v) is 6.30. The largest absolute Gasteiger partial charge is 0.484 e. The molecule has 0 saturated carbocycles. The van der Waals surface area contributed by atoms with Crippen molar-refractivity contribution in [2.45, 2.75) is 37.0 Å². The molecule has 4 aliphatic rings. The molecule has 4 heteroatoms. The van der Waals surface area contributed by atoms with E-state index < -0.39 is 0 Å². The standard InChI is InChI=1S/C19H21NO3/c1-20-7-6-19-14-5-4-13(10-22)18(19)23-17-12(9-21)3-2-11(16(17)19)8-15(14)20/h2-5,15,18,21-22H,6-10H2,1H3/t15-,18+,19+/m1/s1. The van der Waals surface area contributed by atoms with Gasteiger partial charge in [0, 0.05) is 17.2 Å². The van der Waals surface area contributed by atoms with E-state index in [4.69, 9.17) is 4.74 Å². The number of likely N-dealkylation sites (tertiary alicyclic amines) is 1. The van der Waals surface area contributed by atoms with Crippen LogP contribution in [0.2, 0.25) is 0 Å². The Hall–Kier alpha value is -1.62. The predicted molar refractivity (Wildman–Crippen MR) is 86.4 cm³/mol. The maximum atomic E-state index is 9.83. The number of rotatable bonds is 2. The summed E-state index contributed by atoms with van der Waals surface area (Å²) in [5.74, 6) is 0.866. The zero-order valence-corrected chi connectivity index (χ0v) is 13.2. The molecule has 2 N–H and O–H groups in total. The molecule has 120 valence electrons. The summed E-state index contributed by atoms with van der Waals surface area (Å²) in [7, 11) is 2.20. The number of likely N-dealkylation sites (N-methyl/N-ethyl adjacent to an activating group) is 1. The number of piperidine rings is 1. The molecular formula is C19H21NO3. The maximum absolute atomic E-state index is 9.83. The van der Waals surface area contributed by atoms with E-state index in [1.54, 1.807) is 0 Å². The summed E-state index contributed by atoms with van der Waals surface area (Å²) in [6.07, 6.45) is 6.14. The molecule has 1 saturated heterocycles. The molecule has 2 aliphatic carbocycles. The second kappa shape index (κ2) is 4.47. The molecule has 23 heavy (non-hydrogen) atoms. The zero-order valence-electron chi connectivity index (χ0n) is 13.2. The van der Waals surface area contributed by atoms with Crippen LogP contribution in [0.1, 0.15) is 23.1 Å². The highest BCUT2D eigenvalue weighted by Gasteiger charge is 2.60. The molecule has 5 rings (SSSR count). The molecule has 4 nitrogen and oxygen atoms in total. The highest BCUT2D eigenvalue weighted by Crippen LogP contribution is 2.61. The van der Waals surface area contributed by atoms with Gasteiger partial charge in [-0.1, -0.05) is 24.3 Å². The van der Waals surface area contributed by atoms with E-state index in [2.05, 4.69) is 24.1 Å². The van der Waals surface area contributed by atoms with Gasteiger partial charge in [-0.3, -0.25) is 4.90 Å². The minimum atomic E-state index is -0.141. The van der Waals surface area contributed by atoms with E-state index in [1.165, 1.54) is 16.7 Å². The Balaban J connectivity index is 1.84. The fourth-order valence-corrected chi connectivity index (χ4v) is 5.22. The van der Waals surface area contributed by atoms with E-state index in [0.29, 0.717) is 6.04 Å². The van der Waals surface area contributed by atoms with Crippen molar-refractivity contribution in [3.63, 3.8) is 0 Å². The summed E-state index contributed by atoms with van der Waals surface area (Å²) < 4.78 is 6.39. The molecule has 1 aromatic carbocycles. The van der Waals surface area contributed by atoms with Crippen molar-refractivity contribution < 1.29 is 14.9 Å². The number of benzene rings is 1. The van der Waals surface area contributed by atoms with E-state index in [9.17, 15) is 10.2 Å². The lowest BCUT2D eigenvalue weighted by atomic mass is 9.56. The minimum Gasteiger partial charge on any atom is -0.484 e. The number of aliphatic hydroxyl groups excluding tert-OH is 2. The lowest BCUT2D eigenvalue weighted by Gasteiger charge is -2.53. The molecule has 3 atom stereocenters. The molecule has 0 radical (unpaired) electrons. The van der Waals surface area contributed by atoms with Crippen LogP contribution in [0.5, 0.6) is 5.75 Å². The number of allylic oxidation sites excluding steroid dienone is 2. The zero-order chi connectivity index (χ0) is 15.8. The van der Waals surface area contributed by atoms with Crippen LogP contribution in [-0.2, 0) is 18.4 Å². The summed E-state index contributed by atoms with van der Waals surface area (Å²) >= 11 is 0. The highest BCUT2D eigenvalue weighted by atomic mass is 16.5. The van der Waals surface area contributed by atoms with Crippen LogP contribution in [0.3, 0.4) is 0 Å². The van der Waals surface area contributed by atoms with Crippen LogP contribution < -0.4 is 4.74 Å². The second-order valence-electron chi connectivity index (χ2n) is 7.19. The van der Waals surface area contributed by atoms with Gasteiger partial charge >= 0.3 is 0 Å². The smallest absolute Gasteiger partial charge is 0.136 e. The first-order valence-electron chi connectivity index (χ1n) is 8.35. The van der Waals surface area contributed by atoms with Crippen molar-refractivity contribution in [1.82, 2.24) is 4.90 Å². The fourth-order valence-electron chi connectivity index (χ4n) is 5.22. The van der Waals surface area contributed by atoms with Crippen LogP contribution in [0.15, 0.2) is 35.4 Å². The Kier molecular flexibility index (Phi) is 2.68. The molecule has 1 fully saturated rings. The third kappa shape index (κ3) is 1.47. The molecule has 0 amide bonds. The van der Waals surface area contributed by atoms with E-state index in [1.807, 2.05) is 12.1 Å². The van der Waals surface area contributed by atoms with Crippen molar-refractivity contribution >= 4 is 0 Å². The first-order chi connectivity index (χ1) is 11.2. The normalized spacial score (nSPS) is 33.7. The van der Waals surface area contributed by atoms with Gasteiger partial charge in [0.2, 0.25) is 0 Å². The van der Waals surface area contributed by atoms with Crippen LogP contribution in [0.25, 0.3) is 0 Å². The molecule has 1 aromatic rings. The Morgan fingerprint density at radius 2 is 2.13 bits per heavy atom. The molecule has 0 unspecified atom stereocenters. The number of hydrogen-bond donors (Lipinski definition) is 2. The van der Waals surface area contributed by atoms with Gasteiger partial charge in [-0.05, 0) is 43.1 Å². The average Bonchev–Trinajstić information content (AvgIpc) is 2.92. The summed E-state index contributed by atoms with van der Waals surface area (Å²) in [6.45, 7) is 1.04. The number of ether oxygens (including phenoxy) is 1. The number of aliphatic hydroxyl groups is 2. The molecule has 0 aromatic heterocycles. The van der Waals surface area contributed by atoms with Gasteiger partial charge in [0.15, 0.2) is 0 Å². The van der Waals surface area contributed by atoms with Gasteiger partial charge in [0.1, 0.15) is 11.9 Å². The second-order valence-corrected chi connectivity index (χ2v) is 7.19. The summed E-state index contributed by atoms with van der Waals surface area (Å²) in [5.41, 5.74) is 5.72. The summed E-state index contributed by atoms with van der Waals surface area (Å²) in [6, 6.07) is 4.57. The Morgan fingerprint density at radius 1 is 1.26 bits per heavy atom. The van der Waals surface area contributed by atoms with Crippen molar-refractivity contribution in [1.29, 1.82) is 0 Å². The van der Waals surface area contributed by atoms with Crippen LogP contribution in [-0.4, -0.2) is 47.5 Å². The van der Waals surface area contributed by atoms with Crippen LogP contribution >= 0.6 is 0 Å². The van der Waals surface area contributed by atoms with Crippen LogP contribution in [0, 0.1) is 0 Å². The first kappa shape index (κ1) is 13.8. The lowest BCUT2D eigenvalue weighted by Crippen LogP contribution is -2.58. The van der Waals surface area contributed by atoms with E-state index in [0.717, 1.165) is 36.3 Å². The predicted octanol–water partition coefficient (Wildman–Crippen LogP) is 1.30. The van der Waals surface area contributed by atoms with Crippen molar-refractivity contribution in [3.8, 4) is 5.75 Å². The summed E-state index contributed by atoms with van der Waals surface area (Å²) in [5, 5.41) is 19.6. The first-order valence-corrected chi connectivity index (χ1v) is 8.35. The minimum absolute atomic E-state index is 0.00797. The molecule has 1 spiro atoms. The summed E-state index contributed by atoms with van der Waals surface area (Å²) in [4.78, 5) is 2.44. The van der Waals surface area contributed by atoms with E-state index >= 15 is 0 Å². The highest BCUT2D eigenvalue weighted by molar-refractivity contribution is 5.66. The Bertz CT molecular complexity index is 766. The van der Waals surface area contributed by atoms with Crippen molar-refractivity contribution in [2.75, 3.05) is 20.2 Å². The Labute approximate surface area is 135 Å². The van der Waals surface area contributed by atoms with Crippen LogP contribution in [0.4, 0.5) is 0 Å². The topological polar surface area (TPSA) is 52.9 Å². The SMILES string of the molecule is CN1CC[C@@]23C4=CC=C(CO)[C@@H]2Oc2c(CO)ccc(c23)C[C@H]41. The Morgan fingerprint density at radius 3 is 2.91 bits per heavy atom. The molecular weight excluding hydrogens is 290 g/mol. The van der Waals surface area contributed by atoms with Crippen molar-refractivity contribution in [2.24, 2.45) is 0 Å². The molecule has 2 heterocycles. The van der Waals surface area contributed by atoms with Gasteiger partial charge in [0.05, 0.1) is 18.6 Å². The maximum Gasteiger partial charge on any atom is 0.136 e. The average molecular weight is 311 g/mol. The lowest BCUT2D eigenvalue weighted by molar-refractivity contribution is 0.104. The quantitative estimate of drug-likeness (QED) is 0.864. The monoisotopic (exact) mass is 311 g/mol. The van der Waals surface area contributed by atoms with Gasteiger partial charge in [-0.15, -0.1) is 0 Å². The van der Waals surface area contributed by atoms with Gasteiger partial charge in [-0.25, -0.2) is 0 Å². The molecule has 2 aliphatic heterocycles. The number of nitrogens with zero attached hydrogens (tertiary/aromatic N) is 1. The molecule has 2 bridgehead atoms. The fraction of sp³-hybridized carbons (Fsp3) is 0.474. The van der Waals surface area contributed by atoms with Crippen molar-refractivity contribution in [3.05, 3.63) is 52.1 Å². The van der Waals surface area contributed by atoms with Gasteiger partial charge in [-0.2, -0.15) is 0 Å². The van der Waals surface area contributed by atoms with E-state index in [-0.39, 0.29) is 24.7 Å².